The monoisotopic (exact) mass is 421 g/mol. The van der Waals surface area contributed by atoms with Crippen molar-refractivity contribution in [2.75, 3.05) is 32.8 Å². The highest BCUT2D eigenvalue weighted by atomic mass is 35.5. The zero-order chi connectivity index (χ0) is 20.6. The van der Waals surface area contributed by atoms with Crippen LogP contribution in [0.1, 0.15) is 30.1 Å². The van der Waals surface area contributed by atoms with Crippen molar-refractivity contribution < 1.29 is 23.8 Å². The smallest absolute Gasteiger partial charge is 0.304 e. The number of halogens is 2. The van der Waals surface area contributed by atoms with E-state index in [4.69, 9.17) is 26.2 Å². The van der Waals surface area contributed by atoms with E-state index >= 15 is 0 Å². The van der Waals surface area contributed by atoms with E-state index in [1.165, 1.54) is 6.07 Å². The summed E-state index contributed by atoms with van der Waals surface area (Å²) in [6.45, 7) is 3.00. The summed E-state index contributed by atoms with van der Waals surface area (Å²) in [6, 6.07) is 12.4. The number of ether oxygens (including phenoxy) is 2. The summed E-state index contributed by atoms with van der Waals surface area (Å²) < 4.78 is 25.4. The molecule has 5 nitrogen and oxygen atoms in total. The van der Waals surface area contributed by atoms with Crippen molar-refractivity contribution in [3.8, 4) is 5.75 Å². The second-order valence-electron chi connectivity index (χ2n) is 7.03. The first-order valence-corrected chi connectivity index (χ1v) is 10.1. The van der Waals surface area contributed by atoms with Gasteiger partial charge in [-0.1, -0.05) is 29.8 Å². The van der Waals surface area contributed by atoms with Crippen molar-refractivity contribution in [2.24, 2.45) is 0 Å². The summed E-state index contributed by atoms with van der Waals surface area (Å²) in [6.07, 6.45) is 1.24. The quantitative estimate of drug-likeness (QED) is 0.610. The first-order valence-electron chi connectivity index (χ1n) is 9.74. The van der Waals surface area contributed by atoms with Crippen molar-refractivity contribution >= 4 is 17.6 Å². The normalized spacial score (nSPS) is 17.2. The van der Waals surface area contributed by atoms with E-state index < -0.39 is 5.97 Å². The van der Waals surface area contributed by atoms with Crippen molar-refractivity contribution in [1.29, 1.82) is 0 Å². The van der Waals surface area contributed by atoms with Gasteiger partial charge in [-0.2, -0.15) is 0 Å². The first kappa shape index (κ1) is 21.6. The van der Waals surface area contributed by atoms with Gasteiger partial charge in [-0.05, 0) is 42.7 Å². The predicted molar refractivity (Wildman–Crippen MR) is 109 cm³/mol. The van der Waals surface area contributed by atoms with Crippen LogP contribution in [0.3, 0.4) is 0 Å². The maximum atomic E-state index is 13.8. The van der Waals surface area contributed by atoms with Gasteiger partial charge in [-0.25, -0.2) is 4.39 Å². The molecule has 1 aliphatic rings. The molecule has 1 unspecified atom stereocenters. The summed E-state index contributed by atoms with van der Waals surface area (Å²) in [7, 11) is 0. The molecule has 1 saturated heterocycles. The summed E-state index contributed by atoms with van der Waals surface area (Å²) in [5.41, 5.74) is 1.56. The highest BCUT2D eigenvalue weighted by molar-refractivity contribution is 6.31. The summed E-state index contributed by atoms with van der Waals surface area (Å²) in [5, 5.41) is 9.28. The van der Waals surface area contributed by atoms with Gasteiger partial charge in [-0.3, -0.25) is 9.69 Å². The third-order valence-electron chi connectivity index (χ3n) is 4.95. The molecular weight excluding hydrogens is 397 g/mol. The number of aliphatic carboxylic acids is 1. The Balaban J connectivity index is 1.45. The van der Waals surface area contributed by atoms with Crippen molar-refractivity contribution in [1.82, 2.24) is 4.90 Å². The third-order valence-corrected chi connectivity index (χ3v) is 5.30. The first-order chi connectivity index (χ1) is 14.0. The molecule has 1 N–H and O–H groups in total. The molecule has 3 rings (SSSR count). The Bertz CT molecular complexity index is 795. The number of carboxylic acids is 1. The van der Waals surface area contributed by atoms with Gasteiger partial charge in [0, 0.05) is 30.2 Å². The summed E-state index contributed by atoms with van der Waals surface area (Å²) >= 11 is 6.04. The molecule has 1 atom stereocenters. The average Bonchev–Trinajstić information content (AvgIpc) is 2.72. The predicted octanol–water partition coefficient (Wildman–Crippen LogP) is 4.34. The molecule has 7 heteroatoms. The van der Waals surface area contributed by atoms with E-state index in [0.29, 0.717) is 49.7 Å². The van der Waals surface area contributed by atoms with Gasteiger partial charge in [-0.15, -0.1) is 0 Å². The van der Waals surface area contributed by atoms with Crippen LogP contribution in [0.5, 0.6) is 5.75 Å². The van der Waals surface area contributed by atoms with E-state index in [0.717, 1.165) is 17.9 Å². The highest BCUT2D eigenvalue weighted by Crippen LogP contribution is 2.25. The molecule has 1 aliphatic heterocycles. The minimum absolute atomic E-state index is 0.0743. The SMILES string of the molecule is O=C(O)CCN1CCOC(c2ccc(OCCCc3c(F)cccc3Cl)cc2)C1. The number of hydrogen-bond donors (Lipinski definition) is 1. The van der Waals surface area contributed by atoms with Gasteiger partial charge in [0.1, 0.15) is 11.6 Å². The molecule has 156 valence electrons. The van der Waals surface area contributed by atoms with E-state index in [2.05, 4.69) is 4.90 Å². The Labute approximate surface area is 175 Å². The van der Waals surface area contributed by atoms with Crippen molar-refractivity contribution in [2.45, 2.75) is 25.4 Å². The lowest BCUT2D eigenvalue weighted by atomic mass is 10.1. The molecule has 0 saturated carbocycles. The molecular formula is C22H25ClFNO4. The van der Waals surface area contributed by atoms with Crippen molar-refractivity contribution in [3.63, 3.8) is 0 Å². The van der Waals surface area contributed by atoms with Crippen LogP contribution in [0.15, 0.2) is 42.5 Å². The molecule has 0 aliphatic carbocycles. The Kier molecular flexibility index (Phi) is 7.86. The minimum atomic E-state index is -0.785. The second-order valence-corrected chi connectivity index (χ2v) is 7.43. The molecule has 2 aromatic carbocycles. The lowest BCUT2D eigenvalue weighted by Crippen LogP contribution is -2.39. The molecule has 0 amide bonds. The van der Waals surface area contributed by atoms with E-state index in [9.17, 15) is 9.18 Å². The van der Waals surface area contributed by atoms with Crippen LogP contribution in [-0.4, -0.2) is 48.8 Å². The summed E-state index contributed by atoms with van der Waals surface area (Å²) in [4.78, 5) is 12.9. The fourth-order valence-electron chi connectivity index (χ4n) is 3.35. The van der Waals surface area contributed by atoms with E-state index in [1.54, 1.807) is 12.1 Å². The molecule has 0 radical (unpaired) electrons. The Hall–Kier alpha value is -2.15. The largest absolute Gasteiger partial charge is 0.494 e. The van der Waals surface area contributed by atoms with Gasteiger partial charge in [0.2, 0.25) is 0 Å². The molecule has 29 heavy (non-hydrogen) atoms. The molecule has 0 spiro atoms. The van der Waals surface area contributed by atoms with Gasteiger partial charge in [0.15, 0.2) is 0 Å². The fraction of sp³-hybridized carbons (Fsp3) is 0.409. The van der Waals surface area contributed by atoms with Crippen LogP contribution in [0.2, 0.25) is 5.02 Å². The van der Waals surface area contributed by atoms with Crippen molar-refractivity contribution in [3.05, 3.63) is 64.4 Å². The van der Waals surface area contributed by atoms with Gasteiger partial charge in [0.25, 0.3) is 0 Å². The maximum absolute atomic E-state index is 13.8. The molecule has 2 aromatic rings. The zero-order valence-corrected chi connectivity index (χ0v) is 16.9. The minimum Gasteiger partial charge on any atom is -0.494 e. The van der Waals surface area contributed by atoms with Crippen LogP contribution in [0.25, 0.3) is 0 Å². The number of benzene rings is 2. The number of nitrogens with zero attached hydrogens (tertiary/aromatic N) is 1. The molecule has 0 bridgehead atoms. The standard InChI is InChI=1S/C22H25ClFNO4/c23-19-4-1-5-20(24)18(19)3-2-13-28-17-8-6-16(7-9-17)21-15-25(12-14-29-21)11-10-22(26)27/h1,4-9,21H,2-3,10-15H2,(H,26,27). The third kappa shape index (κ3) is 6.42. The average molecular weight is 422 g/mol. The maximum Gasteiger partial charge on any atom is 0.304 e. The Morgan fingerprint density at radius 1 is 1.28 bits per heavy atom. The number of rotatable bonds is 9. The summed E-state index contributed by atoms with van der Waals surface area (Å²) in [5.74, 6) is -0.328. The zero-order valence-electron chi connectivity index (χ0n) is 16.2. The number of carboxylic acid groups (broad SMARTS) is 1. The van der Waals surface area contributed by atoms with Crippen LogP contribution in [-0.2, 0) is 16.0 Å². The number of morpholine rings is 1. The van der Waals surface area contributed by atoms with E-state index in [1.807, 2.05) is 24.3 Å². The molecule has 1 fully saturated rings. The van der Waals surface area contributed by atoms with Crippen LogP contribution < -0.4 is 4.74 Å². The second kappa shape index (κ2) is 10.6. The lowest BCUT2D eigenvalue weighted by molar-refractivity contribution is -0.137. The van der Waals surface area contributed by atoms with Crippen LogP contribution in [0, 0.1) is 5.82 Å². The number of carbonyl (C=O) groups is 1. The van der Waals surface area contributed by atoms with Crippen LogP contribution in [0.4, 0.5) is 4.39 Å². The molecule has 1 heterocycles. The van der Waals surface area contributed by atoms with Gasteiger partial charge in [0.05, 0.1) is 25.7 Å². The van der Waals surface area contributed by atoms with Gasteiger partial charge >= 0.3 is 5.97 Å². The van der Waals surface area contributed by atoms with Crippen LogP contribution >= 0.6 is 11.6 Å². The molecule has 0 aromatic heterocycles. The lowest BCUT2D eigenvalue weighted by Gasteiger charge is -2.32. The highest BCUT2D eigenvalue weighted by Gasteiger charge is 2.22. The van der Waals surface area contributed by atoms with Gasteiger partial charge < -0.3 is 14.6 Å². The number of hydrogen-bond acceptors (Lipinski definition) is 4. The van der Waals surface area contributed by atoms with E-state index in [-0.39, 0.29) is 18.3 Å². The Morgan fingerprint density at radius 3 is 2.79 bits per heavy atom. The fourth-order valence-corrected chi connectivity index (χ4v) is 3.61. The topological polar surface area (TPSA) is 59.0 Å². The Morgan fingerprint density at radius 2 is 2.07 bits per heavy atom.